The fourth-order valence-corrected chi connectivity index (χ4v) is 1.85. The van der Waals surface area contributed by atoms with Crippen molar-refractivity contribution in [2.75, 3.05) is 14.2 Å². The largest absolute Gasteiger partial charge is 0 e. The second-order valence-corrected chi connectivity index (χ2v) is 3.79. The van der Waals surface area contributed by atoms with Crippen LogP contribution >= 0.6 is 0 Å². The van der Waals surface area contributed by atoms with Crippen molar-refractivity contribution in [3.05, 3.63) is 73.8 Å². The van der Waals surface area contributed by atoms with Gasteiger partial charge in [-0.3, -0.25) is 0 Å². The van der Waals surface area contributed by atoms with Gasteiger partial charge in [0.2, 0.25) is 0 Å². The first-order valence-corrected chi connectivity index (χ1v) is 6.01. The smallest absolute Gasteiger partial charge is 0 e. The Bertz CT molecular complexity index is 512. The van der Waals surface area contributed by atoms with Gasteiger partial charge >= 0.3 is 33.9 Å². The van der Waals surface area contributed by atoms with Crippen molar-refractivity contribution in [1.82, 2.24) is 0 Å². The SMILES string of the molecule is COC1=CC[C@@H](c2ccc(OC)cc2)C=C1.[C-]#[O+].[C-]#[O+].[C-]#[O+].[Fe]. The zero-order chi connectivity index (χ0) is 17.4. The summed E-state index contributed by atoms with van der Waals surface area (Å²) < 4.78 is 32.8. The van der Waals surface area contributed by atoms with Crippen LogP contribution in [0.3, 0.4) is 0 Å². The van der Waals surface area contributed by atoms with Gasteiger partial charge in [0.15, 0.2) is 0 Å². The van der Waals surface area contributed by atoms with E-state index in [1.165, 1.54) is 5.56 Å². The average Bonchev–Trinajstić information content (AvgIpc) is 2.67. The average molecular weight is 356 g/mol. The number of methoxy groups -OCH3 is 2. The number of ether oxygens (including phenoxy) is 2. The Hall–Kier alpha value is -1.96. The summed E-state index contributed by atoms with van der Waals surface area (Å²) in [5.74, 6) is 2.30. The van der Waals surface area contributed by atoms with E-state index >= 15 is 0 Å². The summed E-state index contributed by atoms with van der Waals surface area (Å²) in [7, 11) is 3.38. The Morgan fingerprint density at radius 3 is 1.78 bits per heavy atom. The van der Waals surface area contributed by atoms with E-state index in [0.717, 1.165) is 17.9 Å². The Morgan fingerprint density at radius 2 is 1.43 bits per heavy atom. The molecule has 1 atom stereocenters. The van der Waals surface area contributed by atoms with Crippen LogP contribution < -0.4 is 4.74 Å². The predicted molar refractivity (Wildman–Crippen MR) is 76.4 cm³/mol. The molecule has 0 fully saturated rings. The molecule has 0 aromatic heterocycles. The first-order chi connectivity index (χ1) is 10.8. The number of hydrogen-bond donors (Lipinski definition) is 0. The molecule has 0 N–H and O–H groups in total. The minimum Gasteiger partial charge on any atom is 0 e. The number of rotatable bonds is 3. The summed E-state index contributed by atoms with van der Waals surface area (Å²) in [5, 5.41) is 0. The zero-order valence-electron chi connectivity index (χ0n) is 12.7. The molecule has 0 spiro atoms. The van der Waals surface area contributed by atoms with Crippen LogP contribution in [0.4, 0.5) is 0 Å². The van der Waals surface area contributed by atoms with Crippen molar-refractivity contribution in [2.24, 2.45) is 0 Å². The molecule has 0 amide bonds. The van der Waals surface area contributed by atoms with Gasteiger partial charge in [-0.15, -0.1) is 0 Å². The van der Waals surface area contributed by atoms with Crippen LogP contribution in [0.1, 0.15) is 17.9 Å². The van der Waals surface area contributed by atoms with Crippen molar-refractivity contribution in [2.45, 2.75) is 12.3 Å². The van der Waals surface area contributed by atoms with Gasteiger partial charge < -0.3 is 9.47 Å². The van der Waals surface area contributed by atoms with Crippen molar-refractivity contribution in [3.63, 3.8) is 0 Å². The van der Waals surface area contributed by atoms with Crippen LogP contribution in [0.25, 0.3) is 0 Å². The molecule has 0 heterocycles. The molecule has 1 aliphatic carbocycles. The van der Waals surface area contributed by atoms with Gasteiger partial charge in [-0.25, -0.2) is 0 Å². The molecular weight excluding hydrogens is 340 g/mol. The molecule has 0 radical (unpaired) electrons. The molecule has 0 saturated carbocycles. The van der Waals surface area contributed by atoms with Crippen LogP contribution in [0.15, 0.2) is 48.3 Å². The molecule has 122 valence electrons. The van der Waals surface area contributed by atoms with E-state index in [4.69, 9.17) is 23.4 Å². The Labute approximate surface area is 147 Å². The van der Waals surface area contributed by atoms with Crippen molar-refractivity contribution < 1.29 is 40.5 Å². The fourth-order valence-electron chi connectivity index (χ4n) is 1.85. The van der Waals surface area contributed by atoms with Crippen molar-refractivity contribution in [3.8, 4) is 5.75 Å². The van der Waals surface area contributed by atoms with E-state index in [2.05, 4.69) is 44.2 Å². The van der Waals surface area contributed by atoms with Gasteiger partial charge in [-0.05, 0) is 36.3 Å². The van der Waals surface area contributed by atoms with Crippen LogP contribution in [0.5, 0.6) is 5.75 Å². The molecular formula is C17H16FeO5. The third-order valence-electron chi connectivity index (χ3n) is 2.85. The maximum Gasteiger partial charge on any atom is 0 e. The van der Waals surface area contributed by atoms with Gasteiger partial charge in [0.1, 0.15) is 11.5 Å². The van der Waals surface area contributed by atoms with Crippen LogP contribution in [0.2, 0.25) is 0 Å². The fraction of sp³-hybridized carbons (Fsp3) is 0.235. The van der Waals surface area contributed by atoms with Gasteiger partial charge in [-0.1, -0.05) is 18.2 Å². The topological polar surface area (TPSA) is 78.2 Å². The van der Waals surface area contributed by atoms with Gasteiger partial charge in [-0.2, -0.15) is 0 Å². The second-order valence-electron chi connectivity index (χ2n) is 3.79. The van der Waals surface area contributed by atoms with Gasteiger partial charge in [0, 0.05) is 23.0 Å². The minimum absolute atomic E-state index is 0. The molecule has 6 heteroatoms. The van der Waals surface area contributed by atoms with E-state index in [0.29, 0.717) is 5.92 Å². The minimum atomic E-state index is 0. The van der Waals surface area contributed by atoms with E-state index in [9.17, 15) is 0 Å². The van der Waals surface area contributed by atoms with Crippen molar-refractivity contribution in [1.29, 1.82) is 0 Å². The maximum absolute atomic E-state index is 7.50. The number of benzene rings is 1. The van der Waals surface area contributed by atoms with Gasteiger partial charge in [0.25, 0.3) is 0 Å². The van der Waals surface area contributed by atoms with E-state index < -0.39 is 0 Å². The third-order valence-corrected chi connectivity index (χ3v) is 2.85. The van der Waals surface area contributed by atoms with E-state index in [1.54, 1.807) is 14.2 Å². The molecule has 0 bridgehead atoms. The molecule has 0 saturated heterocycles. The molecule has 1 aromatic carbocycles. The summed E-state index contributed by atoms with van der Waals surface area (Å²) in [6.45, 7) is 13.5. The molecule has 0 unspecified atom stereocenters. The summed E-state index contributed by atoms with van der Waals surface area (Å²) in [5.41, 5.74) is 1.31. The summed E-state index contributed by atoms with van der Waals surface area (Å²) in [6.07, 6.45) is 7.32. The Morgan fingerprint density at radius 1 is 0.913 bits per heavy atom. The maximum atomic E-state index is 7.50. The standard InChI is InChI=1S/C14H16O2.3CO.Fe/c1-15-13-7-3-11(4-8-13)12-5-9-14(16-2)10-6-12;3*1-2;/h3-5,7-10,12H,6H2,1-2H3;;;;/t12-;;;;/m0..../s1. The van der Waals surface area contributed by atoms with E-state index in [1.807, 2.05) is 18.2 Å². The molecule has 1 aromatic rings. The first-order valence-electron chi connectivity index (χ1n) is 6.01. The Kier molecular flexibility index (Phi) is 20.4. The van der Waals surface area contributed by atoms with Crippen LogP contribution in [-0.4, -0.2) is 14.2 Å². The molecule has 0 aliphatic heterocycles. The van der Waals surface area contributed by atoms with Crippen molar-refractivity contribution >= 4 is 0 Å². The monoisotopic (exact) mass is 356 g/mol. The van der Waals surface area contributed by atoms with Gasteiger partial charge in [0.05, 0.1) is 14.2 Å². The first kappa shape index (κ1) is 26.0. The molecule has 2 rings (SSSR count). The number of hydrogen-bond acceptors (Lipinski definition) is 2. The summed E-state index contributed by atoms with van der Waals surface area (Å²) in [4.78, 5) is 0. The van der Waals surface area contributed by atoms with Crippen LogP contribution in [0, 0.1) is 20.0 Å². The normalized spacial score (nSPS) is 13.6. The second kappa shape index (κ2) is 18.1. The summed E-state index contributed by atoms with van der Waals surface area (Å²) in [6, 6.07) is 8.22. The van der Waals surface area contributed by atoms with Crippen LogP contribution in [-0.2, 0) is 35.8 Å². The predicted octanol–water partition coefficient (Wildman–Crippen LogP) is 3.15. The molecule has 23 heavy (non-hydrogen) atoms. The molecule has 5 nitrogen and oxygen atoms in total. The molecule has 1 aliphatic rings. The number of allylic oxidation sites excluding steroid dienone is 3. The Balaban J connectivity index is -0.000000514. The summed E-state index contributed by atoms with van der Waals surface area (Å²) >= 11 is 0. The zero-order valence-corrected chi connectivity index (χ0v) is 13.8. The quantitative estimate of drug-likeness (QED) is 0.474. The van der Waals surface area contributed by atoms with E-state index in [-0.39, 0.29) is 17.1 Å². The third kappa shape index (κ3) is 9.62.